The van der Waals surface area contributed by atoms with Crippen molar-refractivity contribution in [2.24, 2.45) is 0 Å². The summed E-state index contributed by atoms with van der Waals surface area (Å²) in [6, 6.07) is 6.73. The van der Waals surface area contributed by atoms with E-state index in [0.29, 0.717) is 21.3 Å². The molecule has 0 saturated carbocycles. The molecule has 3 rings (SSSR count). The fraction of sp³-hybridized carbons (Fsp3) is 0.333. The zero-order valence-electron chi connectivity index (χ0n) is 14.2. The Morgan fingerprint density at radius 1 is 1.12 bits per heavy atom. The van der Waals surface area contributed by atoms with Crippen LogP contribution in [0.1, 0.15) is 10.4 Å². The minimum atomic E-state index is -0.257. The summed E-state index contributed by atoms with van der Waals surface area (Å²) >= 11 is 11.9. The minimum Gasteiger partial charge on any atom is -0.382 e. The van der Waals surface area contributed by atoms with Crippen molar-refractivity contribution in [3.63, 3.8) is 0 Å². The number of ether oxygens (including phenoxy) is 1. The van der Waals surface area contributed by atoms with Crippen LogP contribution in [-0.4, -0.2) is 55.2 Å². The lowest BCUT2D eigenvalue weighted by atomic mass is 10.2. The van der Waals surface area contributed by atoms with Crippen LogP contribution < -0.4 is 10.6 Å². The molecule has 0 unspecified atom stereocenters. The van der Waals surface area contributed by atoms with Crippen LogP contribution in [0.15, 0.2) is 36.7 Å². The van der Waals surface area contributed by atoms with E-state index in [9.17, 15) is 4.79 Å². The average Bonchev–Trinajstić information content (AvgIpc) is 2.66. The van der Waals surface area contributed by atoms with Gasteiger partial charge in [-0.3, -0.25) is 14.7 Å². The van der Waals surface area contributed by atoms with Crippen molar-refractivity contribution < 1.29 is 9.53 Å². The topological polar surface area (TPSA) is 66.5 Å². The Morgan fingerprint density at radius 2 is 1.92 bits per heavy atom. The van der Waals surface area contributed by atoms with Crippen LogP contribution in [0.3, 0.4) is 0 Å². The summed E-state index contributed by atoms with van der Waals surface area (Å²) in [5.74, 6) is -0.257. The lowest BCUT2D eigenvalue weighted by Gasteiger charge is -2.26. The number of anilines is 2. The van der Waals surface area contributed by atoms with E-state index in [1.54, 1.807) is 30.5 Å². The van der Waals surface area contributed by atoms with E-state index in [2.05, 4.69) is 20.5 Å². The molecule has 1 amide bonds. The summed E-state index contributed by atoms with van der Waals surface area (Å²) in [4.78, 5) is 18.9. The van der Waals surface area contributed by atoms with E-state index < -0.39 is 0 Å². The zero-order chi connectivity index (χ0) is 18.4. The van der Waals surface area contributed by atoms with Crippen molar-refractivity contribution in [1.82, 2.24) is 9.88 Å². The Hall–Kier alpha value is -1.86. The molecule has 1 aromatic heterocycles. The SMILES string of the molecule is O=C(Nc1ccc(Cl)c(Cl)c1)c1cncc(NCCN2CCOCC2)c1. The third-order valence-electron chi connectivity index (χ3n) is 4.04. The molecule has 26 heavy (non-hydrogen) atoms. The largest absolute Gasteiger partial charge is 0.382 e. The minimum absolute atomic E-state index is 0.257. The zero-order valence-corrected chi connectivity index (χ0v) is 15.7. The number of nitrogens with zero attached hydrogens (tertiary/aromatic N) is 2. The van der Waals surface area contributed by atoms with Gasteiger partial charge in [-0.1, -0.05) is 23.2 Å². The summed E-state index contributed by atoms with van der Waals surface area (Å²) in [5, 5.41) is 6.93. The number of nitrogens with one attached hydrogen (secondary N) is 2. The van der Waals surface area contributed by atoms with Gasteiger partial charge < -0.3 is 15.4 Å². The third-order valence-corrected chi connectivity index (χ3v) is 4.78. The lowest BCUT2D eigenvalue weighted by Crippen LogP contribution is -2.39. The molecule has 138 valence electrons. The van der Waals surface area contributed by atoms with E-state index >= 15 is 0 Å². The van der Waals surface area contributed by atoms with Gasteiger partial charge in [-0.05, 0) is 24.3 Å². The van der Waals surface area contributed by atoms with Crippen molar-refractivity contribution in [1.29, 1.82) is 0 Å². The Labute approximate surface area is 162 Å². The van der Waals surface area contributed by atoms with Crippen LogP contribution in [0, 0.1) is 0 Å². The smallest absolute Gasteiger partial charge is 0.257 e. The molecule has 8 heteroatoms. The summed E-state index contributed by atoms with van der Waals surface area (Å²) in [5.41, 5.74) is 1.85. The van der Waals surface area contributed by atoms with Gasteiger partial charge in [0.15, 0.2) is 0 Å². The van der Waals surface area contributed by atoms with Crippen LogP contribution >= 0.6 is 23.2 Å². The van der Waals surface area contributed by atoms with Crippen molar-refractivity contribution in [2.45, 2.75) is 0 Å². The molecular weight excluding hydrogens is 375 g/mol. The molecule has 0 atom stereocenters. The van der Waals surface area contributed by atoms with Gasteiger partial charge >= 0.3 is 0 Å². The number of hydrogen-bond acceptors (Lipinski definition) is 5. The van der Waals surface area contributed by atoms with E-state index in [-0.39, 0.29) is 5.91 Å². The molecule has 2 heterocycles. The number of benzene rings is 1. The predicted molar refractivity (Wildman–Crippen MR) is 104 cm³/mol. The number of hydrogen-bond donors (Lipinski definition) is 2. The van der Waals surface area contributed by atoms with Gasteiger partial charge in [0.1, 0.15) is 0 Å². The van der Waals surface area contributed by atoms with Crippen LogP contribution in [0.5, 0.6) is 0 Å². The number of morpholine rings is 1. The maximum Gasteiger partial charge on any atom is 0.257 e. The molecule has 0 radical (unpaired) electrons. The number of rotatable bonds is 6. The molecule has 0 spiro atoms. The van der Waals surface area contributed by atoms with Crippen molar-refractivity contribution >= 4 is 40.5 Å². The summed E-state index contributed by atoms with van der Waals surface area (Å²) in [7, 11) is 0. The molecule has 1 saturated heterocycles. The number of carbonyl (C=O) groups is 1. The molecule has 0 aliphatic carbocycles. The van der Waals surface area contributed by atoms with E-state index in [1.165, 1.54) is 6.20 Å². The van der Waals surface area contributed by atoms with Crippen molar-refractivity contribution in [3.8, 4) is 0 Å². The fourth-order valence-corrected chi connectivity index (χ4v) is 2.92. The van der Waals surface area contributed by atoms with E-state index in [1.807, 2.05) is 0 Å². The molecule has 1 fully saturated rings. The first-order chi connectivity index (χ1) is 12.6. The number of aromatic nitrogens is 1. The molecule has 1 aromatic carbocycles. The fourth-order valence-electron chi connectivity index (χ4n) is 2.62. The average molecular weight is 395 g/mol. The highest BCUT2D eigenvalue weighted by atomic mass is 35.5. The molecule has 6 nitrogen and oxygen atoms in total. The normalized spacial score (nSPS) is 14.8. The number of pyridine rings is 1. The lowest BCUT2D eigenvalue weighted by molar-refractivity contribution is 0.0398. The second kappa shape index (κ2) is 9.19. The highest BCUT2D eigenvalue weighted by molar-refractivity contribution is 6.42. The Kier molecular flexibility index (Phi) is 6.68. The Bertz CT molecular complexity index is 767. The second-order valence-corrected chi connectivity index (χ2v) is 6.74. The maximum absolute atomic E-state index is 12.4. The number of carbonyl (C=O) groups excluding carboxylic acids is 1. The molecule has 2 N–H and O–H groups in total. The maximum atomic E-state index is 12.4. The molecule has 1 aliphatic heterocycles. The van der Waals surface area contributed by atoms with Gasteiger partial charge in [0.25, 0.3) is 5.91 Å². The highest BCUT2D eigenvalue weighted by Gasteiger charge is 2.11. The van der Waals surface area contributed by atoms with Crippen molar-refractivity contribution in [3.05, 3.63) is 52.3 Å². The number of halogens is 2. The van der Waals surface area contributed by atoms with Crippen LogP contribution in [-0.2, 0) is 4.74 Å². The predicted octanol–water partition coefficient (Wildman–Crippen LogP) is 3.38. The third kappa shape index (κ3) is 5.32. The monoisotopic (exact) mass is 394 g/mol. The summed E-state index contributed by atoms with van der Waals surface area (Å²) < 4.78 is 5.34. The van der Waals surface area contributed by atoms with Crippen LogP contribution in [0.25, 0.3) is 0 Å². The second-order valence-electron chi connectivity index (χ2n) is 5.93. The van der Waals surface area contributed by atoms with Crippen LogP contribution in [0.2, 0.25) is 10.0 Å². The van der Waals surface area contributed by atoms with Gasteiger partial charge in [-0.15, -0.1) is 0 Å². The summed E-state index contributed by atoms with van der Waals surface area (Å²) in [6.45, 7) is 5.17. The Balaban J connectivity index is 1.55. The van der Waals surface area contributed by atoms with E-state index in [4.69, 9.17) is 27.9 Å². The van der Waals surface area contributed by atoms with Gasteiger partial charge in [0.2, 0.25) is 0 Å². The molecule has 1 aliphatic rings. The first kappa shape index (κ1) is 18.9. The number of amides is 1. The van der Waals surface area contributed by atoms with E-state index in [0.717, 1.165) is 45.1 Å². The van der Waals surface area contributed by atoms with Crippen molar-refractivity contribution in [2.75, 3.05) is 50.0 Å². The first-order valence-corrected chi connectivity index (χ1v) is 9.13. The Morgan fingerprint density at radius 3 is 2.69 bits per heavy atom. The highest BCUT2D eigenvalue weighted by Crippen LogP contribution is 2.25. The standard InChI is InChI=1S/C18H20Cl2N4O2/c19-16-2-1-14(10-17(16)20)23-18(25)13-9-15(12-21-11-13)22-3-4-24-5-7-26-8-6-24/h1-2,9-12,22H,3-8H2,(H,23,25). The van der Waals surface area contributed by atoms with Gasteiger partial charge in [-0.25, -0.2) is 0 Å². The van der Waals surface area contributed by atoms with Gasteiger partial charge in [-0.2, -0.15) is 0 Å². The van der Waals surface area contributed by atoms with Gasteiger partial charge in [0, 0.05) is 44.3 Å². The van der Waals surface area contributed by atoms with Crippen LogP contribution in [0.4, 0.5) is 11.4 Å². The summed E-state index contributed by atoms with van der Waals surface area (Å²) in [6.07, 6.45) is 3.23. The van der Waals surface area contributed by atoms with Gasteiger partial charge in [0.05, 0.1) is 34.5 Å². The molecular formula is C18H20Cl2N4O2. The quantitative estimate of drug-likeness (QED) is 0.785. The molecule has 2 aromatic rings. The molecule has 0 bridgehead atoms. The first-order valence-electron chi connectivity index (χ1n) is 8.37.